The third-order valence-electron chi connectivity index (χ3n) is 2.81. The standard InChI is InChI=1S/C16H18BrNO2S/c17-15-8-13(18)6-7-16(15)21-11-14(19)10-20-9-12-4-2-1-3-5-12/h1-8,14,19H,9-11,18H2. The number of halogens is 1. The van der Waals surface area contributed by atoms with E-state index in [1.54, 1.807) is 11.8 Å². The molecule has 0 fully saturated rings. The molecule has 0 aliphatic rings. The minimum atomic E-state index is -0.497. The Kier molecular flexibility index (Phi) is 6.57. The Hall–Kier alpha value is -1.01. The predicted octanol–water partition coefficient (Wildman–Crippen LogP) is 3.70. The summed E-state index contributed by atoms with van der Waals surface area (Å²) in [7, 11) is 0. The Morgan fingerprint density at radius 2 is 1.95 bits per heavy atom. The molecule has 2 aromatic carbocycles. The van der Waals surface area contributed by atoms with Gasteiger partial charge in [0.1, 0.15) is 0 Å². The van der Waals surface area contributed by atoms with Gasteiger partial charge < -0.3 is 15.6 Å². The quantitative estimate of drug-likeness (QED) is 0.578. The molecule has 5 heteroatoms. The summed E-state index contributed by atoms with van der Waals surface area (Å²) in [6, 6.07) is 15.6. The second-order valence-corrected chi connectivity index (χ2v) is 6.57. The van der Waals surface area contributed by atoms with E-state index >= 15 is 0 Å². The highest BCUT2D eigenvalue weighted by atomic mass is 79.9. The molecule has 2 rings (SSSR count). The molecule has 0 radical (unpaired) electrons. The van der Waals surface area contributed by atoms with Gasteiger partial charge in [0.25, 0.3) is 0 Å². The fraction of sp³-hybridized carbons (Fsp3) is 0.250. The number of aliphatic hydroxyl groups excluding tert-OH is 1. The SMILES string of the molecule is Nc1ccc(SCC(O)COCc2ccccc2)c(Br)c1. The molecule has 0 aliphatic carbocycles. The van der Waals surface area contributed by atoms with Crippen LogP contribution in [-0.2, 0) is 11.3 Å². The maximum atomic E-state index is 9.95. The van der Waals surface area contributed by atoms with Crippen LogP contribution in [0.4, 0.5) is 5.69 Å². The number of anilines is 1. The molecule has 0 bridgehead atoms. The van der Waals surface area contributed by atoms with Gasteiger partial charge in [-0.2, -0.15) is 0 Å². The number of thioether (sulfide) groups is 1. The van der Waals surface area contributed by atoms with Gasteiger partial charge in [-0.25, -0.2) is 0 Å². The van der Waals surface area contributed by atoms with E-state index in [0.717, 1.165) is 20.6 Å². The van der Waals surface area contributed by atoms with Crippen molar-refractivity contribution in [2.45, 2.75) is 17.6 Å². The van der Waals surface area contributed by atoms with Crippen LogP contribution in [0.15, 0.2) is 57.9 Å². The first-order valence-corrected chi connectivity index (χ1v) is 8.40. The lowest BCUT2D eigenvalue weighted by molar-refractivity contribution is 0.0398. The van der Waals surface area contributed by atoms with E-state index in [9.17, 15) is 5.11 Å². The number of aliphatic hydroxyl groups is 1. The third-order valence-corrected chi connectivity index (χ3v) is 4.95. The molecule has 0 saturated carbocycles. The lowest BCUT2D eigenvalue weighted by atomic mass is 10.2. The van der Waals surface area contributed by atoms with Crippen LogP contribution in [-0.4, -0.2) is 23.6 Å². The smallest absolute Gasteiger partial charge is 0.0867 e. The maximum Gasteiger partial charge on any atom is 0.0867 e. The van der Waals surface area contributed by atoms with Gasteiger partial charge in [0, 0.05) is 20.8 Å². The van der Waals surface area contributed by atoms with Crippen molar-refractivity contribution in [3.05, 3.63) is 58.6 Å². The molecule has 2 aromatic rings. The summed E-state index contributed by atoms with van der Waals surface area (Å²) in [5.74, 6) is 0.581. The van der Waals surface area contributed by atoms with Crippen molar-refractivity contribution >= 4 is 33.4 Å². The molecule has 3 N–H and O–H groups in total. The van der Waals surface area contributed by atoms with Gasteiger partial charge in [-0.15, -0.1) is 11.8 Å². The van der Waals surface area contributed by atoms with Crippen molar-refractivity contribution in [1.82, 2.24) is 0 Å². The highest BCUT2D eigenvalue weighted by molar-refractivity contribution is 9.10. The topological polar surface area (TPSA) is 55.5 Å². The van der Waals surface area contributed by atoms with Crippen LogP contribution >= 0.6 is 27.7 Å². The van der Waals surface area contributed by atoms with Crippen molar-refractivity contribution in [2.75, 3.05) is 18.1 Å². The Labute approximate surface area is 137 Å². The fourth-order valence-corrected chi connectivity index (χ4v) is 3.32. The van der Waals surface area contributed by atoms with Gasteiger partial charge >= 0.3 is 0 Å². The van der Waals surface area contributed by atoms with Crippen molar-refractivity contribution in [3.63, 3.8) is 0 Å². The van der Waals surface area contributed by atoms with Crippen molar-refractivity contribution < 1.29 is 9.84 Å². The largest absolute Gasteiger partial charge is 0.399 e. The molecule has 0 aromatic heterocycles. The van der Waals surface area contributed by atoms with Crippen LogP contribution in [0.2, 0.25) is 0 Å². The summed E-state index contributed by atoms with van der Waals surface area (Å²) in [6.07, 6.45) is -0.497. The number of hydrogen-bond acceptors (Lipinski definition) is 4. The van der Waals surface area contributed by atoms with E-state index in [4.69, 9.17) is 10.5 Å². The first-order chi connectivity index (χ1) is 10.1. The first kappa shape index (κ1) is 16.4. The maximum absolute atomic E-state index is 9.95. The zero-order valence-electron chi connectivity index (χ0n) is 11.5. The molecule has 0 saturated heterocycles. The van der Waals surface area contributed by atoms with Crippen LogP contribution < -0.4 is 5.73 Å². The average molecular weight is 368 g/mol. The van der Waals surface area contributed by atoms with Crippen LogP contribution in [0.3, 0.4) is 0 Å². The minimum absolute atomic E-state index is 0.328. The summed E-state index contributed by atoms with van der Waals surface area (Å²) < 4.78 is 6.47. The van der Waals surface area contributed by atoms with Crippen molar-refractivity contribution in [2.24, 2.45) is 0 Å². The molecule has 0 amide bonds. The van der Waals surface area contributed by atoms with E-state index in [1.807, 2.05) is 48.5 Å². The van der Waals surface area contributed by atoms with Crippen LogP contribution in [0.25, 0.3) is 0 Å². The van der Waals surface area contributed by atoms with Gasteiger partial charge in [0.2, 0.25) is 0 Å². The zero-order valence-corrected chi connectivity index (χ0v) is 13.9. The Bertz CT molecular complexity index is 565. The average Bonchev–Trinajstić information content (AvgIpc) is 2.47. The van der Waals surface area contributed by atoms with E-state index in [1.165, 1.54) is 0 Å². The molecular weight excluding hydrogens is 350 g/mol. The second kappa shape index (κ2) is 8.44. The summed E-state index contributed by atoms with van der Waals surface area (Å²) in [5.41, 5.74) is 7.53. The Morgan fingerprint density at radius 1 is 1.19 bits per heavy atom. The molecule has 1 atom stereocenters. The third kappa shape index (κ3) is 5.71. The highest BCUT2D eigenvalue weighted by Gasteiger charge is 2.08. The summed E-state index contributed by atoms with van der Waals surface area (Å²) in [6.45, 7) is 0.850. The molecule has 112 valence electrons. The van der Waals surface area contributed by atoms with Crippen molar-refractivity contribution in [1.29, 1.82) is 0 Å². The van der Waals surface area contributed by atoms with Gasteiger partial charge in [0.15, 0.2) is 0 Å². The van der Waals surface area contributed by atoms with Gasteiger partial charge in [0.05, 0.1) is 19.3 Å². The number of rotatable bonds is 7. The second-order valence-electron chi connectivity index (χ2n) is 4.66. The minimum Gasteiger partial charge on any atom is -0.399 e. The number of nitrogens with two attached hydrogens (primary N) is 1. The zero-order chi connectivity index (χ0) is 15.1. The van der Waals surface area contributed by atoms with E-state index in [2.05, 4.69) is 15.9 Å². The van der Waals surface area contributed by atoms with Gasteiger partial charge in [-0.3, -0.25) is 0 Å². The summed E-state index contributed by atoms with van der Waals surface area (Å²) >= 11 is 5.04. The molecule has 1 unspecified atom stereocenters. The molecule has 3 nitrogen and oxygen atoms in total. The summed E-state index contributed by atoms with van der Waals surface area (Å²) in [5, 5.41) is 9.95. The molecule has 0 spiro atoms. The summed E-state index contributed by atoms with van der Waals surface area (Å²) in [4.78, 5) is 1.06. The van der Waals surface area contributed by atoms with Crippen molar-refractivity contribution in [3.8, 4) is 0 Å². The lowest BCUT2D eigenvalue weighted by Gasteiger charge is -2.12. The van der Waals surface area contributed by atoms with E-state index in [0.29, 0.717) is 19.0 Å². The Balaban J connectivity index is 1.71. The van der Waals surface area contributed by atoms with Crippen LogP contribution in [0, 0.1) is 0 Å². The van der Waals surface area contributed by atoms with Crippen LogP contribution in [0.5, 0.6) is 0 Å². The number of hydrogen-bond donors (Lipinski definition) is 2. The Morgan fingerprint density at radius 3 is 2.67 bits per heavy atom. The van der Waals surface area contributed by atoms with Gasteiger partial charge in [-0.1, -0.05) is 30.3 Å². The highest BCUT2D eigenvalue weighted by Crippen LogP contribution is 2.29. The molecule has 0 aliphatic heterocycles. The molecular formula is C16H18BrNO2S. The monoisotopic (exact) mass is 367 g/mol. The fourth-order valence-electron chi connectivity index (χ4n) is 1.76. The van der Waals surface area contributed by atoms with E-state index < -0.39 is 6.10 Å². The first-order valence-electron chi connectivity index (χ1n) is 6.62. The predicted molar refractivity (Wildman–Crippen MR) is 91.4 cm³/mol. The van der Waals surface area contributed by atoms with Gasteiger partial charge in [-0.05, 0) is 39.7 Å². The normalized spacial score (nSPS) is 12.3. The van der Waals surface area contributed by atoms with Crippen LogP contribution in [0.1, 0.15) is 5.56 Å². The van der Waals surface area contributed by atoms with E-state index in [-0.39, 0.29) is 0 Å². The number of benzene rings is 2. The lowest BCUT2D eigenvalue weighted by Crippen LogP contribution is -2.17. The molecule has 21 heavy (non-hydrogen) atoms. The number of nitrogen functional groups attached to an aromatic ring is 1. The molecule has 0 heterocycles. The number of ether oxygens (including phenoxy) is 1.